The number of amides is 1. The van der Waals surface area contributed by atoms with E-state index in [0.29, 0.717) is 0 Å². The molecule has 1 heterocycles. The summed E-state index contributed by atoms with van der Waals surface area (Å²) < 4.78 is 25.6. The average Bonchev–Trinajstić information content (AvgIpc) is 2.75. The molecule has 0 aliphatic rings. The summed E-state index contributed by atoms with van der Waals surface area (Å²) in [4.78, 5) is 14.0. The molecule has 2 aromatic rings. The summed E-state index contributed by atoms with van der Waals surface area (Å²) in [6.45, 7) is 5.45. The van der Waals surface area contributed by atoms with Crippen molar-refractivity contribution in [3.63, 3.8) is 0 Å². The summed E-state index contributed by atoms with van der Waals surface area (Å²) >= 11 is 0. The number of sulfonamides is 1. The first kappa shape index (κ1) is 16.2. The van der Waals surface area contributed by atoms with Gasteiger partial charge in [-0.2, -0.15) is 5.10 Å². The van der Waals surface area contributed by atoms with Crippen LogP contribution in [0.15, 0.2) is 35.2 Å². The Hall–Kier alpha value is -2.19. The maximum Gasteiger partial charge on any atom is 0.257 e. The first-order valence-corrected chi connectivity index (χ1v) is 8.14. The summed E-state index contributed by atoms with van der Waals surface area (Å²) in [5.41, 5.74) is 4.76. The SMILES string of the molecule is Cc1ccc(S(=O)(=O)NNC(=O)Cn2nc(C)cc2C)cc1. The van der Waals surface area contributed by atoms with E-state index in [2.05, 4.69) is 15.4 Å². The first-order chi connectivity index (χ1) is 10.3. The van der Waals surface area contributed by atoms with Gasteiger partial charge in [0.1, 0.15) is 6.54 Å². The Morgan fingerprint density at radius 2 is 1.82 bits per heavy atom. The van der Waals surface area contributed by atoms with Gasteiger partial charge in [0.05, 0.1) is 10.6 Å². The maximum atomic E-state index is 12.0. The topological polar surface area (TPSA) is 93.1 Å². The van der Waals surface area contributed by atoms with Crippen molar-refractivity contribution in [3.05, 3.63) is 47.3 Å². The van der Waals surface area contributed by atoms with Crippen LogP contribution in [0.2, 0.25) is 0 Å². The van der Waals surface area contributed by atoms with Gasteiger partial charge < -0.3 is 0 Å². The number of nitrogens with zero attached hydrogens (tertiary/aromatic N) is 2. The Kier molecular flexibility index (Phi) is 4.62. The maximum absolute atomic E-state index is 12.0. The van der Waals surface area contributed by atoms with Gasteiger partial charge in [0.25, 0.3) is 15.9 Å². The molecular formula is C14H18N4O3S. The molecule has 0 bridgehead atoms. The van der Waals surface area contributed by atoms with Crippen LogP contribution in [0.4, 0.5) is 0 Å². The number of aryl methyl sites for hydroxylation is 3. The van der Waals surface area contributed by atoms with Crippen molar-refractivity contribution < 1.29 is 13.2 Å². The fourth-order valence-corrected chi connectivity index (χ4v) is 2.77. The van der Waals surface area contributed by atoms with E-state index in [1.54, 1.807) is 12.1 Å². The standard InChI is InChI=1S/C14H18N4O3S/c1-10-4-6-13(7-5-10)22(20,21)17-15-14(19)9-18-12(3)8-11(2)16-18/h4-8,17H,9H2,1-3H3,(H,15,19). The molecule has 2 rings (SSSR count). The number of carbonyl (C=O) groups is 1. The third kappa shape index (κ3) is 3.92. The van der Waals surface area contributed by atoms with Crippen LogP contribution >= 0.6 is 0 Å². The predicted octanol–water partition coefficient (Wildman–Crippen LogP) is 0.818. The number of hydrogen-bond donors (Lipinski definition) is 2. The number of benzene rings is 1. The van der Waals surface area contributed by atoms with E-state index in [9.17, 15) is 13.2 Å². The molecule has 7 nitrogen and oxygen atoms in total. The van der Waals surface area contributed by atoms with Crippen LogP contribution in [0.5, 0.6) is 0 Å². The number of carbonyl (C=O) groups excluding carboxylic acids is 1. The molecule has 0 saturated carbocycles. The van der Waals surface area contributed by atoms with Crippen LogP contribution in [0.1, 0.15) is 17.0 Å². The van der Waals surface area contributed by atoms with E-state index in [4.69, 9.17) is 0 Å². The Morgan fingerprint density at radius 3 is 2.36 bits per heavy atom. The Bertz CT molecular complexity index is 779. The summed E-state index contributed by atoms with van der Waals surface area (Å²) in [7, 11) is -3.78. The molecule has 0 aliphatic heterocycles. The van der Waals surface area contributed by atoms with Gasteiger partial charge >= 0.3 is 0 Å². The van der Waals surface area contributed by atoms with E-state index in [0.717, 1.165) is 17.0 Å². The van der Waals surface area contributed by atoms with Crippen LogP contribution in [0.25, 0.3) is 0 Å². The second kappa shape index (κ2) is 6.29. The number of hydrogen-bond acceptors (Lipinski definition) is 4. The molecule has 1 aromatic heterocycles. The lowest BCUT2D eigenvalue weighted by atomic mass is 10.2. The Morgan fingerprint density at radius 1 is 1.18 bits per heavy atom. The van der Waals surface area contributed by atoms with Crippen molar-refractivity contribution >= 4 is 15.9 Å². The second-order valence-electron chi connectivity index (χ2n) is 5.05. The van der Waals surface area contributed by atoms with E-state index >= 15 is 0 Å². The van der Waals surface area contributed by atoms with Crippen LogP contribution in [-0.2, 0) is 21.4 Å². The molecule has 0 spiro atoms. The number of hydrazine groups is 1. The van der Waals surface area contributed by atoms with Gasteiger partial charge in [-0.1, -0.05) is 17.7 Å². The molecule has 0 unspecified atom stereocenters. The Balaban J connectivity index is 1.98. The lowest BCUT2D eigenvalue weighted by molar-refractivity contribution is -0.122. The molecule has 1 aromatic carbocycles. The molecular weight excluding hydrogens is 304 g/mol. The highest BCUT2D eigenvalue weighted by Gasteiger charge is 2.15. The van der Waals surface area contributed by atoms with E-state index in [1.807, 2.05) is 26.8 Å². The van der Waals surface area contributed by atoms with Crippen molar-refractivity contribution in [1.82, 2.24) is 20.0 Å². The van der Waals surface area contributed by atoms with Gasteiger partial charge in [-0.25, -0.2) is 8.42 Å². The molecule has 22 heavy (non-hydrogen) atoms. The summed E-state index contributed by atoms with van der Waals surface area (Å²) in [5, 5.41) is 4.14. The van der Waals surface area contributed by atoms with Crippen LogP contribution < -0.4 is 10.3 Å². The van der Waals surface area contributed by atoms with Gasteiger partial charge in [0.2, 0.25) is 0 Å². The van der Waals surface area contributed by atoms with Gasteiger partial charge in [0.15, 0.2) is 0 Å². The zero-order valence-corrected chi connectivity index (χ0v) is 13.4. The van der Waals surface area contributed by atoms with E-state index < -0.39 is 15.9 Å². The highest BCUT2D eigenvalue weighted by molar-refractivity contribution is 7.89. The van der Waals surface area contributed by atoms with Gasteiger partial charge in [-0.15, -0.1) is 4.83 Å². The fraction of sp³-hybridized carbons (Fsp3) is 0.286. The molecule has 118 valence electrons. The zero-order valence-electron chi connectivity index (χ0n) is 12.6. The normalized spacial score (nSPS) is 11.4. The highest BCUT2D eigenvalue weighted by Crippen LogP contribution is 2.09. The molecule has 0 saturated heterocycles. The largest absolute Gasteiger partial charge is 0.276 e. The van der Waals surface area contributed by atoms with Crippen molar-refractivity contribution in [1.29, 1.82) is 0 Å². The van der Waals surface area contributed by atoms with Crippen LogP contribution in [-0.4, -0.2) is 24.1 Å². The quantitative estimate of drug-likeness (QED) is 0.797. The van der Waals surface area contributed by atoms with Gasteiger partial charge in [0, 0.05) is 5.69 Å². The lowest BCUT2D eigenvalue weighted by Crippen LogP contribution is -2.43. The number of aromatic nitrogens is 2. The first-order valence-electron chi connectivity index (χ1n) is 6.66. The smallest absolute Gasteiger partial charge is 0.257 e. The average molecular weight is 322 g/mol. The van der Waals surface area contributed by atoms with Crippen LogP contribution in [0, 0.1) is 20.8 Å². The predicted molar refractivity (Wildman–Crippen MR) is 81.3 cm³/mol. The monoisotopic (exact) mass is 322 g/mol. The molecule has 1 amide bonds. The minimum Gasteiger partial charge on any atom is -0.276 e. The fourth-order valence-electron chi connectivity index (χ4n) is 1.91. The molecule has 0 aliphatic carbocycles. The minimum atomic E-state index is -3.78. The summed E-state index contributed by atoms with van der Waals surface area (Å²) in [5.74, 6) is -0.498. The number of nitrogens with one attached hydrogen (secondary N) is 2. The molecule has 0 atom stereocenters. The third-order valence-electron chi connectivity index (χ3n) is 3.05. The van der Waals surface area contributed by atoms with Gasteiger partial charge in [-0.05, 0) is 39.0 Å². The van der Waals surface area contributed by atoms with Crippen molar-refractivity contribution in [2.24, 2.45) is 0 Å². The zero-order chi connectivity index (χ0) is 16.3. The summed E-state index contributed by atoms with van der Waals surface area (Å²) in [6.07, 6.45) is 0. The lowest BCUT2D eigenvalue weighted by Gasteiger charge is -2.09. The second-order valence-corrected chi connectivity index (χ2v) is 6.73. The highest BCUT2D eigenvalue weighted by atomic mass is 32.2. The van der Waals surface area contributed by atoms with E-state index in [-0.39, 0.29) is 11.4 Å². The minimum absolute atomic E-state index is 0.0594. The van der Waals surface area contributed by atoms with Crippen molar-refractivity contribution in [2.75, 3.05) is 0 Å². The van der Waals surface area contributed by atoms with Gasteiger partial charge in [-0.3, -0.25) is 14.9 Å². The van der Waals surface area contributed by atoms with E-state index in [1.165, 1.54) is 16.8 Å². The molecule has 0 radical (unpaired) electrons. The molecule has 0 fully saturated rings. The summed E-state index contributed by atoms with van der Waals surface area (Å²) in [6, 6.07) is 8.16. The number of rotatable bonds is 5. The molecule has 2 N–H and O–H groups in total. The molecule has 8 heteroatoms. The third-order valence-corrected chi connectivity index (χ3v) is 4.32. The Labute approximate surface area is 129 Å². The van der Waals surface area contributed by atoms with Crippen molar-refractivity contribution in [3.8, 4) is 0 Å². The van der Waals surface area contributed by atoms with Crippen LogP contribution in [0.3, 0.4) is 0 Å². The van der Waals surface area contributed by atoms with Crippen molar-refractivity contribution in [2.45, 2.75) is 32.2 Å².